The molecule has 8 aliphatic heterocycles. The van der Waals surface area contributed by atoms with Crippen LogP contribution in [0.1, 0.15) is 25.7 Å². The third-order valence-electron chi connectivity index (χ3n) is 8.72. The van der Waals surface area contributed by atoms with Gasteiger partial charge in [-0.1, -0.05) is 0 Å². The lowest BCUT2D eigenvalue weighted by atomic mass is 9.91. The number of hydrogen-bond donors (Lipinski definition) is 8. The zero-order chi connectivity index (χ0) is 31.9. The summed E-state index contributed by atoms with van der Waals surface area (Å²) >= 11 is 0. The van der Waals surface area contributed by atoms with Gasteiger partial charge in [0.2, 0.25) is 0 Å². The molecule has 8 heterocycles. The van der Waals surface area contributed by atoms with Crippen LogP contribution in [0.2, 0.25) is 0 Å². The van der Waals surface area contributed by atoms with Crippen LogP contribution in [0.25, 0.3) is 0 Å². The minimum Gasteiger partial charge on any atom is -0.473 e. The van der Waals surface area contributed by atoms with E-state index in [9.17, 15) is 0 Å². The molecule has 0 aliphatic carbocycles. The average molecular weight is 633 g/mol. The van der Waals surface area contributed by atoms with Gasteiger partial charge in [0.25, 0.3) is 0 Å². The number of aliphatic carboxylic acids is 4. The van der Waals surface area contributed by atoms with Crippen LogP contribution in [0.15, 0.2) is 0 Å². The molecule has 0 bridgehead atoms. The fraction of sp³-hybridized carbons (Fsp3) is 0.857. The third-order valence-corrected chi connectivity index (χ3v) is 8.72. The molecule has 252 valence electrons. The van der Waals surface area contributed by atoms with Gasteiger partial charge < -0.3 is 60.6 Å². The van der Waals surface area contributed by atoms with E-state index >= 15 is 0 Å². The van der Waals surface area contributed by atoms with Gasteiger partial charge in [-0.15, -0.1) is 0 Å². The van der Waals surface area contributed by atoms with Crippen LogP contribution in [-0.2, 0) is 38.1 Å². The van der Waals surface area contributed by atoms with Crippen LogP contribution in [0.3, 0.4) is 0 Å². The standard InChI is InChI=1S/4C6H11NO.2C2H2O4/c4*1-2-7-3-6-5(1)4-8-6;2*3-1(4)2(5)6/h4*5-7H,1-4H2;2*(H,3,4)(H,5,6)/t4*5-,6-;;/m1100../s1. The van der Waals surface area contributed by atoms with Crippen LogP contribution < -0.4 is 21.3 Å². The van der Waals surface area contributed by atoms with Crippen molar-refractivity contribution in [2.24, 2.45) is 23.7 Å². The fourth-order valence-corrected chi connectivity index (χ4v) is 5.58. The SMILES string of the molecule is C1C[C@@H]2CO[C@@H]2CN1.C1C[C@@H]2CO[C@@H]2CN1.C1C[C@H]2CO[C@H]2CN1.C1C[C@H]2CO[C@H]2CN1.O=C(O)C(=O)O.O=C(O)C(=O)O. The van der Waals surface area contributed by atoms with Crippen molar-refractivity contribution in [2.45, 2.75) is 50.1 Å². The van der Waals surface area contributed by atoms with Gasteiger partial charge in [-0.05, 0) is 51.9 Å². The van der Waals surface area contributed by atoms with Gasteiger partial charge in [-0.3, -0.25) is 0 Å². The lowest BCUT2D eigenvalue weighted by Gasteiger charge is -2.40. The second-order valence-electron chi connectivity index (χ2n) is 11.7. The Bertz CT molecular complexity index is 735. The molecule has 8 atom stereocenters. The Morgan fingerprint density at radius 2 is 0.614 bits per heavy atom. The summed E-state index contributed by atoms with van der Waals surface area (Å²) in [5, 5.41) is 42.7. The number of fused-ring (bicyclic) bond motifs is 4. The highest BCUT2D eigenvalue weighted by Crippen LogP contribution is 2.27. The molecule has 8 rings (SSSR count). The van der Waals surface area contributed by atoms with E-state index < -0.39 is 23.9 Å². The normalized spacial score (nSPS) is 34.7. The van der Waals surface area contributed by atoms with Crippen molar-refractivity contribution >= 4 is 23.9 Å². The predicted molar refractivity (Wildman–Crippen MR) is 153 cm³/mol. The Kier molecular flexibility index (Phi) is 15.7. The Labute approximate surface area is 256 Å². The Hall–Kier alpha value is -2.44. The second kappa shape index (κ2) is 19.2. The second-order valence-corrected chi connectivity index (χ2v) is 11.7. The van der Waals surface area contributed by atoms with E-state index in [1.165, 1.54) is 51.9 Å². The van der Waals surface area contributed by atoms with Crippen LogP contribution in [0, 0.1) is 23.7 Å². The first-order valence-corrected chi connectivity index (χ1v) is 15.4. The van der Waals surface area contributed by atoms with E-state index in [1.54, 1.807) is 0 Å². The maximum Gasteiger partial charge on any atom is 0.414 e. The minimum absolute atomic E-state index is 0.573. The van der Waals surface area contributed by atoms with Gasteiger partial charge in [0, 0.05) is 49.9 Å². The van der Waals surface area contributed by atoms with Gasteiger partial charge in [-0.25, -0.2) is 19.2 Å². The molecule has 0 amide bonds. The molecular formula is C28H48N4O12. The molecule has 44 heavy (non-hydrogen) atoms. The fourth-order valence-electron chi connectivity index (χ4n) is 5.58. The molecule has 8 fully saturated rings. The first kappa shape index (κ1) is 36.0. The highest BCUT2D eigenvalue weighted by molar-refractivity contribution is 6.27. The summed E-state index contributed by atoms with van der Waals surface area (Å²) in [4.78, 5) is 36.4. The molecule has 16 heteroatoms. The summed E-state index contributed by atoms with van der Waals surface area (Å²) < 4.78 is 21.1. The van der Waals surface area contributed by atoms with Crippen molar-refractivity contribution in [1.82, 2.24) is 21.3 Å². The molecule has 0 radical (unpaired) electrons. The number of piperidine rings is 4. The minimum atomic E-state index is -1.82. The first-order chi connectivity index (χ1) is 21.2. The maximum atomic E-state index is 9.10. The van der Waals surface area contributed by atoms with Crippen molar-refractivity contribution in [1.29, 1.82) is 0 Å². The summed E-state index contributed by atoms with van der Waals surface area (Å²) in [5.74, 6) is -3.70. The van der Waals surface area contributed by atoms with Crippen LogP contribution >= 0.6 is 0 Å². The van der Waals surface area contributed by atoms with E-state index in [-0.39, 0.29) is 0 Å². The summed E-state index contributed by atoms with van der Waals surface area (Å²) in [6, 6.07) is 0. The molecule has 0 spiro atoms. The lowest BCUT2D eigenvalue weighted by Crippen LogP contribution is -2.51. The summed E-state index contributed by atoms with van der Waals surface area (Å²) in [6.07, 6.45) is 7.59. The third kappa shape index (κ3) is 12.2. The number of carbonyl (C=O) groups is 4. The maximum absolute atomic E-state index is 9.10. The number of hydrogen-bond acceptors (Lipinski definition) is 12. The van der Waals surface area contributed by atoms with Crippen molar-refractivity contribution in [3.05, 3.63) is 0 Å². The Balaban J connectivity index is 0.000000145. The summed E-state index contributed by atoms with van der Waals surface area (Å²) in [5.41, 5.74) is 0. The Morgan fingerprint density at radius 1 is 0.409 bits per heavy atom. The summed E-state index contributed by atoms with van der Waals surface area (Å²) in [6.45, 7) is 13.2. The van der Waals surface area contributed by atoms with Gasteiger partial charge >= 0.3 is 23.9 Å². The quantitative estimate of drug-likeness (QED) is 0.139. The largest absolute Gasteiger partial charge is 0.473 e. The van der Waals surface area contributed by atoms with Crippen molar-refractivity contribution in [2.75, 3.05) is 78.8 Å². The van der Waals surface area contributed by atoms with Crippen molar-refractivity contribution in [3.63, 3.8) is 0 Å². The highest BCUT2D eigenvalue weighted by atomic mass is 16.5. The van der Waals surface area contributed by atoms with E-state index in [0.29, 0.717) is 24.4 Å². The van der Waals surface area contributed by atoms with Crippen molar-refractivity contribution in [3.8, 4) is 0 Å². The lowest BCUT2D eigenvalue weighted by molar-refractivity contribution is -0.159. The first-order valence-electron chi connectivity index (χ1n) is 15.4. The van der Waals surface area contributed by atoms with Gasteiger partial charge in [0.1, 0.15) is 0 Å². The van der Waals surface area contributed by atoms with Gasteiger partial charge in [-0.2, -0.15) is 0 Å². The molecule has 16 nitrogen and oxygen atoms in total. The van der Waals surface area contributed by atoms with E-state index in [4.69, 9.17) is 58.6 Å². The predicted octanol–water partition coefficient (Wildman–Crippen LogP) is -1.71. The zero-order valence-corrected chi connectivity index (χ0v) is 25.0. The van der Waals surface area contributed by atoms with E-state index in [0.717, 1.165) is 76.3 Å². The molecule has 0 saturated carbocycles. The smallest absolute Gasteiger partial charge is 0.414 e. The Morgan fingerprint density at radius 3 is 0.682 bits per heavy atom. The molecule has 0 aromatic heterocycles. The molecule has 0 aromatic rings. The molecule has 8 N–H and O–H groups in total. The molecular weight excluding hydrogens is 584 g/mol. The molecule has 0 aromatic carbocycles. The number of nitrogens with one attached hydrogen (secondary N) is 4. The highest BCUT2D eigenvalue weighted by Gasteiger charge is 2.35. The summed E-state index contributed by atoms with van der Waals surface area (Å²) in [7, 11) is 0. The monoisotopic (exact) mass is 632 g/mol. The van der Waals surface area contributed by atoms with Crippen molar-refractivity contribution < 1.29 is 58.6 Å². The molecule has 8 aliphatic rings. The van der Waals surface area contributed by atoms with Gasteiger partial charge in [0.05, 0.1) is 50.8 Å². The van der Waals surface area contributed by atoms with Crippen LogP contribution in [0.4, 0.5) is 0 Å². The van der Waals surface area contributed by atoms with Crippen LogP contribution in [0.5, 0.6) is 0 Å². The topological polar surface area (TPSA) is 234 Å². The number of ether oxygens (including phenoxy) is 4. The van der Waals surface area contributed by atoms with Gasteiger partial charge in [0.15, 0.2) is 0 Å². The number of carboxylic acids is 4. The number of rotatable bonds is 0. The molecule has 8 saturated heterocycles. The van der Waals surface area contributed by atoms with E-state index in [2.05, 4.69) is 21.3 Å². The zero-order valence-electron chi connectivity index (χ0n) is 25.0. The average Bonchev–Trinajstić information content (AvgIpc) is 2.93. The van der Waals surface area contributed by atoms with E-state index in [1.807, 2.05) is 0 Å². The molecule has 0 unspecified atom stereocenters. The van der Waals surface area contributed by atoms with Crippen LogP contribution in [-0.4, -0.2) is 148 Å². The number of carboxylic acid groups (broad SMARTS) is 4.